The Hall–Kier alpha value is -2.03. The van der Waals surface area contributed by atoms with Gasteiger partial charge in [0.1, 0.15) is 0 Å². The molecule has 0 spiro atoms. The number of nitrogens with zero attached hydrogens (tertiary/aromatic N) is 1. The first-order valence-electron chi connectivity index (χ1n) is 9.49. The van der Waals surface area contributed by atoms with E-state index >= 15 is 0 Å². The summed E-state index contributed by atoms with van der Waals surface area (Å²) in [5.74, 6) is -0.0496. The van der Waals surface area contributed by atoms with Crippen LogP contribution in [-0.4, -0.2) is 44.6 Å². The van der Waals surface area contributed by atoms with Crippen LogP contribution in [0.15, 0.2) is 64.0 Å². The largest absolute Gasteiger partial charge is 0.343 e. The molecule has 1 aliphatic heterocycles. The molecule has 2 aromatic carbocycles. The van der Waals surface area contributed by atoms with Crippen LogP contribution in [-0.2, 0) is 14.8 Å². The summed E-state index contributed by atoms with van der Waals surface area (Å²) in [5.41, 5.74) is 0.708. The number of benzene rings is 2. The molecule has 0 bridgehead atoms. The quantitative estimate of drug-likeness (QED) is 0.619. The Morgan fingerprint density at radius 3 is 2.24 bits per heavy atom. The number of rotatable bonds is 7. The summed E-state index contributed by atoms with van der Waals surface area (Å²) in [6, 6.07) is 15.5. The molecular weight excluding hydrogens is 456 g/mol. The van der Waals surface area contributed by atoms with Gasteiger partial charge >= 0.3 is 0 Å². The number of ketones is 1. The maximum atomic E-state index is 12.5. The first-order valence-corrected chi connectivity index (χ1v) is 11.8. The lowest BCUT2D eigenvalue weighted by molar-refractivity contribution is -0.132. The van der Waals surface area contributed by atoms with Gasteiger partial charge in [-0.25, -0.2) is 13.1 Å². The molecule has 1 amide bonds. The van der Waals surface area contributed by atoms with Crippen LogP contribution in [0, 0.1) is 5.92 Å². The van der Waals surface area contributed by atoms with Crippen molar-refractivity contribution in [3.05, 3.63) is 64.6 Å². The van der Waals surface area contributed by atoms with Crippen LogP contribution in [0.25, 0.3) is 0 Å². The van der Waals surface area contributed by atoms with Gasteiger partial charge in [0.15, 0.2) is 5.78 Å². The van der Waals surface area contributed by atoms with Crippen molar-refractivity contribution >= 4 is 37.6 Å². The molecular formula is C21H23BrN2O4S. The van der Waals surface area contributed by atoms with Crippen LogP contribution in [0.5, 0.6) is 0 Å². The number of likely N-dealkylation sites (tertiary alicyclic amines) is 1. The van der Waals surface area contributed by atoms with Crippen molar-refractivity contribution in [1.29, 1.82) is 0 Å². The molecule has 1 heterocycles. The van der Waals surface area contributed by atoms with Crippen molar-refractivity contribution in [3.63, 3.8) is 0 Å². The molecule has 0 saturated carbocycles. The second kappa shape index (κ2) is 9.65. The minimum absolute atomic E-state index is 0.0418. The van der Waals surface area contributed by atoms with E-state index in [4.69, 9.17) is 0 Å². The van der Waals surface area contributed by atoms with Crippen molar-refractivity contribution in [3.8, 4) is 0 Å². The van der Waals surface area contributed by atoms with E-state index in [1.165, 1.54) is 12.1 Å². The van der Waals surface area contributed by atoms with Crippen molar-refractivity contribution in [2.24, 2.45) is 5.92 Å². The second-order valence-electron chi connectivity index (χ2n) is 6.99. The van der Waals surface area contributed by atoms with Gasteiger partial charge in [-0.05, 0) is 37.1 Å². The maximum absolute atomic E-state index is 12.5. The summed E-state index contributed by atoms with van der Waals surface area (Å²) in [6.45, 7) is 1.07. The van der Waals surface area contributed by atoms with E-state index in [0.29, 0.717) is 31.5 Å². The Morgan fingerprint density at radius 1 is 1.00 bits per heavy atom. The van der Waals surface area contributed by atoms with Gasteiger partial charge < -0.3 is 4.90 Å². The summed E-state index contributed by atoms with van der Waals surface area (Å²) in [5, 5.41) is 0. The van der Waals surface area contributed by atoms with Gasteiger partial charge in [-0.1, -0.05) is 46.3 Å². The number of hydrogen-bond acceptors (Lipinski definition) is 4. The smallest absolute Gasteiger partial charge is 0.240 e. The topological polar surface area (TPSA) is 83.6 Å². The van der Waals surface area contributed by atoms with Gasteiger partial charge in [0.25, 0.3) is 0 Å². The average molecular weight is 479 g/mol. The third-order valence-electron chi connectivity index (χ3n) is 5.03. The van der Waals surface area contributed by atoms with Gasteiger partial charge in [0, 0.05) is 42.0 Å². The molecule has 154 valence electrons. The van der Waals surface area contributed by atoms with Crippen LogP contribution in [0.3, 0.4) is 0 Å². The molecule has 0 aliphatic carbocycles. The highest BCUT2D eigenvalue weighted by Crippen LogP contribution is 2.22. The predicted octanol–water partition coefficient (Wildman–Crippen LogP) is 3.24. The average Bonchev–Trinajstić information content (AvgIpc) is 2.74. The molecule has 29 heavy (non-hydrogen) atoms. The van der Waals surface area contributed by atoms with E-state index in [2.05, 4.69) is 20.7 Å². The highest BCUT2D eigenvalue weighted by Gasteiger charge is 2.27. The van der Waals surface area contributed by atoms with Crippen LogP contribution in [0.4, 0.5) is 0 Å². The number of halogens is 1. The molecule has 1 aliphatic rings. The van der Waals surface area contributed by atoms with Gasteiger partial charge in [0.2, 0.25) is 15.9 Å². The number of carbonyl (C=O) groups excluding carboxylic acids is 2. The first kappa shape index (κ1) is 21.7. The third kappa shape index (κ3) is 5.74. The SMILES string of the molecule is O=C(c1ccccc1)C1CCN(C(=O)CCNS(=O)(=O)c2ccc(Br)cc2)CC1. The van der Waals surface area contributed by atoms with Crippen LogP contribution >= 0.6 is 15.9 Å². The fraction of sp³-hybridized carbons (Fsp3) is 0.333. The lowest BCUT2D eigenvalue weighted by atomic mass is 9.89. The minimum atomic E-state index is -3.64. The Bertz CT molecular complexity index is 954. The zero-order chi connectivity index (χ0) is 20.9. The van der Waals surface area contributed by atoms with E-state index in [1.807, 2.05) is 30.3 Å². The zero-order valence-corrected chi connectivity index (χ0v) is 18.3. The van der Waals surface area contributed by atoms with E-state index < -0.39 is 10.0 Å². The van der Waals surface area contributed by atoms with E-state index in [1.54, 1.807) is 17.0 Å². The fourth-order valence-corrected chi connectivity index (χ4v) is 4.67. The highest BCUT2D eigenvalue weighted by molar-refractivity contribution is 9.10. The van der Waals surface area contributed by atoms with Gasteiger partial charge in [0.05, 0.1) is 4.90 Å². The summed E-state index contributed by atoms with van der Waals surface area (Å²) < 4.78 is 27.8. The molecule has 6 nitrogen and oxygen atoms in total. The lowest BCUT2D eigenvalue weighted by Crippen LogP contribution is -2.41. The molecule has 0 unspecified atom stereocenters. The number of amides is 1. The summed E-state index contributed by atoms with van der Waals surface area (Å²) >= 11 is 3.27. The number of hydrogen-bond donors (Lipinski definition) is 1. The van der Waals surface area contributed by atoms with Crippen LogP contribution < -0.4 is 4.72 Å². The van der Waals surface area contributed by atoms with Crippen molar-refractivity contribution in [2.75, 3.05) is 19.6 Å². The molecule has 3 rings (SSSR count). The standard InChI is InChI=1S/C21H23BrN2O4S/c22-18-6-8-19(9-7-18)29(27,28)23-13-10-20(25)24-14-11-17(12-15-24)21(26)16-4-2-1-3-5-16/h1-9,17,23H,10-15H2. The molecule has 1 saturated heterocycles. The number of piperidine rings is 1. The monoisotopic (exact) mass is 478 g/mol. The molecule has 1 fully saturated rings. The zero-order valence-electron chi connectivity index (χ0n) is 15.9. The maximum Gasteiger partial charge on any atom is 0.240 e. The van der Waals surface area contributed by atoms with Crippen molar-refractivity contribution < 1.29 is 18.0 Å². The molecule has 1 N–H and O–H groups in total. The normalized spacial score (nSPS) is 15.3. The highest BCUT2D eigenvalue weighted by atomic mass is 79.9. The molecule has 0 atom stereocenters. The van der Waals surface area contributed by atoms with E-state index in [9.17, 15) is 18.0 Å². The molecule has 0 radical (unpaired) electrons. The Labute approximate surface area is 179 Å². The summed E-state index contributed by atoms with van der Waals surface area (Å²) in [4.78, 5) is 26.8. The van der Waals surface area contributed by atoms with E-state index in [-0.39, 0.29) is 35.5 Å². The number of sulfonamides is 1. The van der Waals surface area contributed by atoms with Crippen LogP contribution in [0.2, 0.25) is 0 Å². The number of carbonyl (C=O) groups is 2. The first-order chi connectivity index (χ1) is 13.9. The van der Waals surface area contributed by atoms with Gasteiger partial charge in [-0.15, -0.1) is 0 Å². The minimum Gasteiger partial charge on any atom is -0.343 e. The van der Waals surface area contributed by atoms with Crippen molar-refractivity contribution in [2.45, 2.75) is 24.2 Å². The number of nitrogens with one attached hydrogen (secondary N) is 1. The Morgan fingerprint density at radius 2 is 1.62 bits per heavy atom. The van der Waals surface area contributed by atoms with Crippen molar-refractivity contribution in [1.82, 2.24) is 9.62 Å². The van der Waals surface area contributed by atoms with E-state index in [0.717, 1.165) is 4.47 Å². The number of Topliss-reactive ketones (excluding diaryl/α,β-unsaturated/α-hetero) is 1. The molecule has 2 aromatic rings. The molecule has 0 aromatic heterocycles. The second-order valence-corrected chi connectivity index (χ2v) is 9.67. The summed E-state index contributed by atoms with van der Waals surface area (Å²) in [6.07, 6.45) is 1.35. The van der Waals surface area contributed by atoms with Gasteiger partial charge in [-0.2, -0.15) is 0 Å². The van der Waals surface area contributed by atoms with Gasteiger partial charge in [-0.3, -0.25) is 9.59 Å². The Kier molecular flexibility index (Phi) is 7.21. The summed E-state index contributed by atoms with van der Waals surface area (Å²) in [7, 11) is -3.64. The fourth-order valence-electron chi connectivity index (χ4n) is 3.38. The molecule has 8 heteroatoms. The van der Waals surface area contributed by atoms with Crippen LogP contribution in [0.1, 0.15) is 29.6 Å². The Balaban J connectivity index is 1.45. The third-order valence-corrected chi connectivity index (χ3v) is 7.04. The lowest BCUT2D eigenvalue weighted by Gasteiger charge is -2.31. The predicted molar refractivity (Wildman–Crippen MR) is 114 cm³/mol.